The van der Waals surface area contributed by atoms with Crippen LogP contribution in [0.3, 0.4) is 0 Å². The molecule has 0 radical (unpaired) electrons. The number of carboxylic acids is 1. The van der Waals surface area contributed by atoms with Crippen molar-refractivity contribution in [2.75, 3.05) is 13.1 Å². The molecule has 0 spiro atoms. The van der Waals surface area contributed by atoms with Gasteiger partial charge in [0, 0.05) is 18.1 Å². The lowest BCUT2D eigenvalue weighted by Gasteiger charge is -2.14. The highest BCUT2D eigenvalue weighted by Gasteiger charge is 2.33. The topological polar surface area (TPSA) is 88.3 Å². The van der Waals surface area contributed by atoms with Crippen LogP contribution in [0.2, 0.25) is 5.02 Å². The van der Waals surface area contributed by atoms with Crippen molar-refractivity contribution in [3.8, 4) is 5.69 Å². The average Bonchev–Trinajstić information content (AvgIpc) is 3.13. The van der Waals surface area contributed by atoms with Crippen molar-refractivity contribution in [2.24, 2.45) is 5.92 Å². The summed E-state index contributed by atoms with van der Waals surface area (Å²) in [6.07, 6.45) is 0.461. The van der Waals surface area contributed by atoms with E-state index in [1.54, 1.807) is 31.2 Å². The van der Waals surface area contributed by atoms with Crippen LogP contribution < -0.4 is 0 Å². The van der Waals surface area contributed by atoms with Gasteiger partial charge in [-0.05, 0) is 31.5 Å². The fourth-order valence-corrected chi connectivity index (χ4v) is 2.77. The Morgan fingerprint density at radius 1 is 1.35 bits per heavy atom. The Labute approximate surface area is 137 Å². The number of hydrogen-bond acceptors (Lipinski definition) is 4. The third-order valence-electron chi connectivity index (χ3n) is 3.85. The SMILES string of the molecule is Cc1nn(-c2cccc(Cl)c2)nc1C(=O)N1CC[C@H](C(=O)O)C1. The molecule has 2 aromatic rings. The monoisotopic (exact) mass is 334 g/mol. The molecule has 1 aromatic carbocycles. The van der Waals surface area contributed by atoms with Crippen LogP contribution in [0.15, 0.2) is 24.3 Å². The van der Waals surface area contributed by atoms with Crippen molar-refractivity contribution in [1.82, 2.24) is 19.9 Å². The molecular formula is C15H15ClN4O3. The van der Waals surface area contributed by atoms with Gasteiger partial charge in [-0.3, -0.25) is 9.59 Å². The lowest BCUT2D eigenvalue weighted by molar-refractivity contribution is -0.141. The Kier molecular flexibility index (Phi) is 4.04. The van der Waals surface area contributed by atoms with Crippen molar-refractivity contribution < 1.29 is 14.7 Å². The number of likely N-dealkylation sites (tertiary alicyclic amines) is 1. The summed E-state index contributed by atoms with van der Waals surface area (Å²) in [5.41, 5.74) is 1.38. The van der Waals surface area contributed by atoms with E-state index in [0.29, 0.717) is 29.4 Å². The van der Waals surface area contributed by atoms with Gasteiger partial charge in [-0.2, -0.15) is 9.90 Å². The number of carboxylic acid groups (broad SMARTS) is 1. The summed E-state index contributed by atoms with van der Waals surface area (Å²) in [6.45, 7) is 2.32. The van der Waals surface area contributed by atoms with Crippen LogP contribution in [-0.4, -0.2) is 50.0 Å². The number of carbonyl (C=O) groups is 2. The molecule has 1 fully saturated rings. The van der Waals surface area contributed by atoms with Crippen molar-refractivity contribution in [3.63, 3.8) is 0 Å². The molecule has 1 saturated heterocycles. The standard InChI is InChI=1S/C15H15ClN4O3/c1-9-13(14(21)19-6-5-10(8-19)15(22)23)18-20(17-9)12-4-2-3-11(16)7-12/h2-4,7,10H,5-6,8H2,1H3,(H,22,23)/t10-/m0/s1. The first-order chi connectivity index (χ1) is 11.0. The number of benzene rings is 1. The lowest BCUT2D eigenvalue weighted by atomic mass is 10.1. The molecule has 2 heterocycles. The van der Waals surface area contributed by atoms with Gasteiger partial charge in [-0.15, -0.1) is 5.10 Å². The maximum atomic E-state index is 12.5. The van der Waals surface area contributed by atoms with Gasteiger partial charge in [0.15, 0.2) is 5.69 Å². The summed E-state index contributed by atoms with van der Waals surface area (Å²) in [7, 11) is 0. The fraction of sp³-hybridized carbons (Fsp3) is 0.333. The zero-order valence-electron chi connectivity index (χ0n) is 12.4. The molecule has 0 saturated carbocycles. The second-order valence-electron chi connectivity index (χ2n) is 5.48. The summed E-state index contributed by atoms with van der Waals surface area (Å²) in [4.78, 5) is 26.4. The molecule has 1 aliphatic heterocycles. The number of halogens is 1. The van der Waals surface area contributed by atoms with Gasteiger partial charge in [0.25, 0.3) is 5.91 Å². The van der Waals surface area contributed by atoms with Gasteiger partial charge in [0.2, 0.25) is 0 Å². The maximum Gasteiger partial charge on any atom is 0.308 e. The van der Waals surface area contributed by atoms with E-state index in [0.717, 1.165) is 0 Å². The molecule has 0 unspecified atom stereocenters. The number of aromatic nitrogens is 3. The number of carbonyl (C=O) groups excluding carboxylic acids is 1. The van der Waals surface area contributed by atoms with Crippen molar-refractivity contribution in [1.29, 1.82) is 0 Å². The molecule has 1 aliphatic rings. The first-order valence-corrected chi connectivity index (χ1v) is 7.55. The summed E-state index contributed by atoms with van der Waals surface area (Å²) in [5, 5.41) is 18.1. The molecule has 120 valence electrons. The average molecular weight is 335 g/mol. The van der Waals surface area contributed by atoms with Gasteiger partial charge in [0.05, 0.1) is 17.3 Å². The van der Waals surface area contributed by atoms with E-state index in [1.165, 1.54) is 9.70 Å². The minimum absolute atomic E-state index is 0.206. The molecule has 0 aliphatic carbocycles. The van der Waals surface area contributed by atoms with E-state index in [-0.39, 0.29) is 18.1 Å². The third-order valence-corrected chi connectivity index (χ3v) is 4.08. The highest BCUT2D eigenvalue weighted by atomic mass is 35.5. The highest BCUT2D eigenvalue weighted by molar-refractivity contribution is 6.30. The van der Waals surface area contributed by atoms with Gasteiger partial charge in [0.1, 0.15) is 0 Å². The summed E-state index contributed by atoms with van der Waals surface area (Å²) in [6, 6.07) is 7.00. The second-order valence-corrected chi connectivity index (χ2v) is 5.91. The van der Waals surface area contributed by atoms with E-state index >= 15 is 0 Å². The lowest BCUT2D eigenvalue weighted by Crippen LogP contribution is -2.30. The molecule has 23 heavy (non-hydrogen) atoms. The predicted molar refractivity (Wildman–Crippen MR) is 82.8 cm³/mol. The normalized spacial score (nSPS) is 17.5. The number of aryl methyl sites for hydroxylation is 1. The zero-order valence-corrected chi connectivity index (χ0v) is 13.2. The Hall–Kier alpha value is -2.41. The Morgan fingerprint density at radius 2 is 2.13 bits per heavy atom. The van der Waals surface area contributed by atoms with E-state index < -0.39 is 11.9 Å². The molecule has 0 bridgehead atoms. The Morgan fingerprint density at radius 3 is 2.78 bits per heavy atom. The van der Waals surface area contributed by atoms with Gasteiger partial charge in [-0.1, -0.05) is 17.7 Å². The van der Waals surface area contributed by atoms with Gasteiger partial charge in [-0.25, -0.2) is 0 Å². The molecule has 1 atom stereocenters. The number of amides is 1. The van der Waals surface area contributed by atoms with Crippen LogP contribution in [0.5, 0.6) is 0 Å². The van der Waals surface area contributed by atoms with Crippen LogP contribution in [0.4, 0.5) is 0 Å². The van der Waals surface area contributed by atoms with Crippen LogP contribution in [0.1, 0.15) is 22.6 Å². The van der Waals surface area contributed by atoms with E-state index in [4.69, 9.17) is 16.7 Å². The third kappa shape index (κ3) is 3.05. The highest BCUT2D eigenvalue weighted by Crippen LogP contribution is 2.20. The van der Waals surface area contributed by atoms with Crippen LogP contribution in [0.25, 0.3) is 5.69 Å². The number of hydrogen-bond donors (Lipinski definition) is 1. The number of nitrogens with zero attached hydrogens (tertiary/aromatic N) is 4. The summed E-state index contributed by atoms with van der Waals surface area (Å²) in [5.74, 6) is -1.68. The van der Waals surface area contributed by atoms with Crippen LogP contribution in [0, 0.1) is 12.8 Å². The fourth-order valence-electron chi connectivity index (χ4n) is 2.59. The molecule has 8 heteroatoms. The Bertz CT molecular complexity index is 774. The molecule has 1 aromatic heterocycles. The van der Waals surface area contributed by atoms with E-state index in [2.05, 4.69) is 10.2 Å². The van der Waals surface area contributed by atoms with Crippen molar-refractivity contribution >= 4 is 23.5 Å². The molecule has 7 nitrogen and oxygen atoms in total. The second kappa shape index (κ2) is 6.00. The van der Waals surface area contributed by atoms with Crippen molar-refractivity contribution in [3.05, 3.63) is 40.7 Å². The van der Waals surface area contributed by atoms with E-state index in [1.807, 2.05) is 0 Å². The Balaban J connectivity index is 1.84. The summed E-state index contributed by atoms with van der Waals surface area (Å²) >= 11 is 5.95. The largest absolute Gasteiger partial charge is 0.481 e. The van der Waals surface area contributed by atoms with Crippen LogP contribution in [-0.2, 0) is 4.79 Å². The number of aliphatic carboxylic acids is 1. The zero-order chi connectivity index (χ0) is 16.6. The van der Waals surface area contributed by atoms with E-state index in [9.17, 15) is 9.59 Å². The van der Waals surface area contributed by atoms with Gasteiger partial charge < -0.3 is 10.0 Å². The molecule has 1 amide bonds. The van der Waals surface area contributed by atoms with Gasteiger partial charge >= 0.3 is 5.97 Å². The molecule has 3 rings (SSSR count). The predicted octanol–water partition coefficient (Wildman–Crippen LogP) is 1.78. The quantitative estimate of drug-likeness (QED) is 0.924. The molecule has 1 N–H and O–H groups in total. The molecular weight excluding hydrogens is 320 g/mol. The first-order valence-electron chi connectivity index (χ1n) is 7.17. The van der Waals surface area contributed by atoms with Crippen LogP contribution >= 0.6 is 11.6 Å². The maximum absolute atomic E-state index is 12.5. The first kappa shape index (κ1) is 15.5. The smallest absolute Gasteiger partial charge is 0.308 e. The summed E-state index contributed by atoms with van der Waals surface area (Å²) < 4.78 is 0. The minimum atomic E-state index is -0.875. The minimum Gasteiger partial charge on any atom is -0.481 e. The number of rotatable bonds is 3. The van der Waals surface area contributed by atoms with Crippen molar-refractivity contribution in [2.45, 2.75) is 13.3 Å².